The molecular formula is C21H21N3O5S. The average molecular weight is 427 g/mol. The number of rotatable bonds is 4. The molecule has 5 rings (SSSR count). The smallest absolute Gasteiger partial charge is 0.254 e. The molecular weight excluding hydrogens is 406 g/mol. The highest BCUT2D eigenvalue weighted by Gasteiger charge is 2.26. The Kier molecular flexibility index (Phi) is 4.74. The average Bonchev–Trinajstić information content (AvgIpc) is 3.45. The largest absolute Gasteiger partial charge is 0.495 e. The summed E-state index contributed by atoms with van der Waals surface area (Å²) in [6, 6.07) is 9.09. The molecule has 3 aromatic rings. The lowest BCUT2D eigenvalue weighted by Gasteiger charge is -2.34. The first kappa shape index (κ1) is 18.8. The summed E-state index contributed by atoms with van der Waals surface area (Å²) in [6.07, 6.45) is 0. The van der Waals surface area contributed by atoms with Crippen molar-refractivity contribution in [3.8, 4) is 23.0 Å². The fourth-order valence-corrected chi connectivity index (χ4v) is 4.85. The van der Waals surface area contributed by atoms with Crippen LogP contribution in [0.5, 0.6) is 23.0 Å². The molecule has 2 aromatic carbocycles. The van der Waals surface area contributed by atoms with Crippen LogP contribution in [0, 0.1) is 0 Å². The van der Waals surface area contributed by atoms with Crippen LogP contribution in [-0.4, -0.2) is 63.0 Å². The van der Waals surface area contributed by atoms with Gasteiger partial charge in [0.1, 0.15) is 21.7 Å². The second-order valence-corrected chi connectivity index (χ2v) is 7.97. The molecule has 156 valence electrons. The normalized spacial score (nSPS) is 15.5. The van der Waals surface area contributed by atoms with E-state index in [1.54, 1.807) is 43.8 Å². The van der Waals surface area contributed by atoms with E-state index in [0.717, 1.165) is 26.8 Å². The van der Waals surface area contributed by atoms with Gasteiger partial charge in [-0.15, -0.1) is 0 Å². The summed E-state index contributed by atoms with van der Waals surface area (Å²) in [7, 11) is 3.29. The van der Waals surface area contributed by atoms with Crippen molar-refractivity contribution in [3.63, 3.8) is 0 Å². The number of carbonyl (C=O) groups excluding carboxylic acids is 1. The van der Waals surface area contributed by atoms with Crippen LogP contribution in [0.2, 0.25) is 0 Å². The van der Waals surface area contributed by atoms with Gasteiger partial charge in [0.2, 0.25) is 6.79 Å². The molecule has 2 aliphatic heterocycles. The molecule has 1 amide bonds. The third kappa shape index (κ3) is 3.15. The van der Waals surface area contributed by atoms with E-state index < -0.39 is 0 Å². The molecule has 0 aliphatic carbocycles. The molecule has 1 fully saturated rings. The van der Waals surface area contributed by atoms with Gasteiger partial charge in [0, 0.05) is 31.7 Å². The molecule has 0 N–H and O–H groups in total. The minimum absolute atomic E-state index is 0.000545. The van der Waals surface area contributed by atoms with E-state index in [-0.39, 0.29) is 12.7 Å². The number of ether oxygens (including phenoxy) is 4. The molecule has 0 spiro atoms. The number of fused-ring (bicyclic) bond motifs is 2. The fraction of sp³-hybridized carbons (Fsp3) is 0.333. The third-order valence-electron chi connectivity index (χ3n) is 5.36. The predicted octanol–water partition coefficient (Wildman–Crippen LogP) is 3.00. The quantitative estimate of drug-likeness (QED) is 0.634. The topological polar surface area (TPSA) is 73.4 Å². The van der Waals surface area contributed by atoms with Crippen LogP contribution in [0.3, 0.4) is 0 Å². The van der Waals surface area contributed by atoms with Crippen molar-refractivity contribution in [1.82, 2.24) is 9.88 Å². The first-order valence-corrected chi connectivity index (χ1v) is 10.4. The lowest BCUT2D eigenvalue weighted by Crippen LogP contribution is -2.48. The van der Waals surface area contributed by atoms with Crippen molar-refractivity contribution in [1.29, 1.82) is 0 Å². The van der Waals surface area contributed by atoms with Crippen molar-refractivity contribution >= 4 is 32.6 Å². The van der Waals surface area contributed by atoms with Crippen molar-refractivity contribution < 1.29 is 23.7 Å². The Hall–Kier alpha value is -3.20. The van der Waals surface area contributed by atoms with E-state index in [2.05, 4.69) is 4.90 Å². The van der Waals surface area contributed by atoms with Gasteiger partial charge in [-0.25, -0.2) is 4.98 Å². The molecule has 0 radical (unpaired) electrons. The van der Waals surface area contributed by atoms with Crippen LogP contribution in [-0.2, 0) is 0 Å². The zero-order valence-corrected chi connectivity index (χ0v) is 17.5. The molecule has 0 unspecified atom stereocenters. The zero-order valence-electron chi connectivity index (χ0n) is 16.7. The van der Waals surface area contributed by atoms with Gasteiger partial charge in [0.15, 0.2) is 16.6 Å². The Labute approximate surface area is 177 Å². The van der Waals surface area contributed by atoms with Crippen LogP contribution in [0.1, 0.15) is 10.4 Å². The van der Waals surface area contributed by atoms with Gasteiger partial charge in [-0.3, -0.25) is 4.79 Å². The number of piperazine rings is 1. The van der Waals surface area contributed by atoms with Crippen molar-refractivity contribution in [3.05, 3.63) is 35.9 Å². The summed E-state index contributed by atoms with van der Waals surface area (Å²) in [6.45, 7) is 2.86. The first-order chi connectivity index (χ1) is 14.7. The molecule has 3 heterocycles. The van der Waals surface area contributed by atoms with Gasteiger partial charge in [0.05, 0.1) is 14.2 Å². The highest BCUT2D eigenvalue weighted by Crippen LogP contribution is 2.40. The number of aromatic nitrogens is 1. The summed E-state index contributed by atoms with van der Waals surface area (Å²) in [5, 5.41) is 0.906. The minimum Gasteiger partial charge on any atom is -0.495 e. The maximum Gasteiger partial charge on any atom is 0.254 e. The monoisotopic (exact) mass is 427 g/mol. The van der Waals surface area contributed by atoms with Crippen LogP contribution in [0.25, 0.3) is 10.2 Å². The molecule has 2 aliphatic rings. The highest BCUT2D eigenvalue weighted by molar-refractivity contribution is 7.22. The molecule has 1 aromatic heterocycles. The summed E-state index contributed by atoms with van der Waals surface area (Å²) in [4.78, 5) is 21.8. The zero-order chi connectivity index (χ0) is 20.7. The van der Waals surface area contributed by atoms with E-state index in [4.69, 9.17) is 23.9 Å². The third-order valence-corrected chi connectivity index (χ3v) is 6.49. The highest BCUT2D eigenvalue weighted by atomic mass is 32.1. The van der Waals surface area contributed by atoms with E-state index in [9.17, 15) is 4.79 Å². The SMILES string of the molecule is COc1ccc(OC)c2sc(N3CCN(C(=O)c4ccc5c(c4)OCO5)CC3)nc12. The Morgan fingerprint density at radius 3 is 2.50 bits per heavy atom. The molecule has 0 bridgehead atoms. The minimum atomic E-state index is 0.000545. The van der Waals surface area contributed by atoms with Crippen molar-refractivity contribution in [2.24, 2.45) is 0 Å². The number of hydrogen-bond donors (Lipinski definition) is 0. The number of thiazole rings is 1. The Bertz CT molecular complexity index is 1070. The molecule has 0 atom stereocenters. The van der Waals surface area contributed by atoms with Gasteiger partial charge in [0.25, 0.3) is 5.91 Å². The van der Waals surface area contributed by atoms with Crippen LogP contribution in [0.4, 0.5) is 5.13 Å². The first-order valence-electron chi connectivity index (χ1n) is 9.63. The lowest BCUT2D eigenvalue weighted by molar-refractivity contribution is 0.0746. The Balaban J connectivity index is 1.32. The molecule has 9 heteroatoms. The number of hydrogen-bond acceptors (Lipinski definition) is 8. The molecule has 1 saturated heterocycles. The van der Waals surface area contributed by atoms with Crippen molar-refractivity contribution in [2.45, 2.75) is 0 Å². The number of nitrogens with zero attached hydrogens (tertiary/aromatic N) is 3. The Morgan fingerprint density at radius 2 is 1.73 bits per heavy atom. The number of methoxy groups -OCH3 is 2. The number of carbonyl (C=O) groups is 1. The van der Waals surface area contributed by atoms with E-state index in [1.165, 1.54) is 0 Å². The van der Waals surface area contributed by atoms with E-state index >= 15 is 0 Å². The van der Waals surface area contributed by atoms with Crippen molar-refractivity contribution in [2.75, 3.05) is 52.1 Å². The second-order valence-electron chi connectivity index (χ2n) is 6.99. The molecule has 30 heavy (non-hydrogen) atoms. The Morgan fingerprint density at radius 1 is 1.00 bits per heavy atom. The van der Waals surface area contributed by atoms with E-state index in [0.29, 0.717) is 43.2 Å². The number of anilines is 1. The van der Waals surface area contributed by atoms with Gasteiger partial charge in [-0.05, 0) is 30.3 Å². The van der Waals surface area contributed by atoms with Gasteiger partial charge in [-0.1, -0.05) is 11.3 Å². The summed E-state index contributed by atoms with van der Waals surface area (Å²) in [5.41, 5.74) is 1.41. The second kappa shape index (κ2) is 7.56. The van der Waals surface area contributed by atoms with Crippen LogP contribution < -0.4 is 23.8 Å². The molecule has 8 nitrogen and oxygen atoms in total. The number of benzene rings is 2. The number of amides is 1. The summed E-state index contributed by atoms with van der Waals surface area (Å²) >= 11 is 1.58. The predicted molar refractivity (Wildman–Crippen MR) is 113 cm³/mol. The van der Waals surface area contributed by atoms with Gasteiger partial charge >= 0.3 is 0 Å². The van der Waals surface area contributed by atoms with Crippen LogP contribution in [0.15, 0.2) is 30.3 Å². The van der Waals surface area contributed by atoms with E-state index in [1.807, 2.05) is 17.0 Å². The fourth-order valence-electron chi connectivity index (χ4n) is 3.72. The molecule has 0 saturated carbocycles. The standard InChI is InChI=1S/C21H21N3O5S/c1-26-15-5-6-16(27-2)19-18(15)22-21(30-19)24-9-7-23(8-10-24)20(25)13-3-4-14-17(11-13)29-12-28-14/h3-6,11H,7-10,12H2,1-2H3. The summed E-state index contributed by atoms with van der Waals surface area (Å²) in [5.74, 6) is 2.81. The maximum absolute atomic E-state index is 12.9. The lowest BCUT2D eigenvalue weighted by atomic mass is 10.1. The van der Waals surface area contributed by atoms with Crippen LogP contribution >= 0.6 is 11.3 Å². The summed E-state index contributed by atoms with van der Waals surface area (Å²) < 4.78 is 22.6. The maximum atomic E-state index is 12.9. The van der Waals surface area contributed by atoms with Gasteiger partial charge < -0.3 is 28.7 Å². The van der Waals surface area contributed by atoms with Gasteiger partial charge in [-0.2, -0.15) is 0 Å².